The highest BCUT2D eigenvalue weighted by molar-refractivity contribution is 7.80. The normalized spacial score (nSPS) is 22.6. The zero-order valence-corrected chi connectivity index (χ0v) is 11.2. The van der Waals surface area contributed by atoms with Crippen molar-refractivity contribution in [1.82, 2.24) is 15.5 Å². The maximum atomic E-state index is 11.5. The largest absolute Gasteiger partial charge is 0.379 e. The molecule has 0 unspecified atom stereocenters. The average Bonchev–Trinajstić information content (AvgIpc) is 2.38. The minimum Gasteiger partial charge on any atom is -0.379 e. The van der Waals surface area contributed by atoms with Gasteiger partial charge in [-0.2, -0.15) is 0 Å². The number of hydrogen-bond acceptors (Lipinski definition) is 6. The Balaban J connectivity index is 1.76. The smallest absolute Gasteiger partial charge is 0.244 e. The Morgan fingerprint density at radius 2 is 1.95 bits per heavy atom. The second-order valence-corrected chi connectivity index (χ2v) is 4.70. The lowest BCUT2D eigenvalue weighted by atomic mass is 10.1. The Kier molecular flexibility index (Phi) is 4.94. The number of hydrogen-bond donors (Lipinski definition) is 2. The number of nitrogens with one attached hydrogen (secondary N) is 2. The second-order valence-electron chi connectivity index (χ2n) is 4.29. The Labute approximate surface area is 116 Å². The SMILES string of the molecule is O=C1NC(=S)NC(=O)C1C=NCCN1CCOCC1. The zero-order chi connectivity index (χ0) is 13.7. The van der Waals surface area contributed by atoms with Crippen LogP contribution in [0.5, 0.6) is 0 Å². The lowest BCUT2D eigenvalue weighted by Crippen LogP contribution is -2.56. The lowest BCUT2D eigenvalue weighted by Gasteiger charge is -2.25. The molecule has 2 rings (SSSR count). The molecule has 2 fully saturated rings. The summed E-state index contributed by atoms with van der Waals surface area (Å²) in [5.41, 5.74) is 0. The summed E-state index contributed by atoms with van der Waals surface area (Å²) in [5.74, 6) is -1.75. The van der Waals surface area contributed by atoms with Gasteiger partial charge in [-0.15, -0.1) is 0 Å². The fourth-order valence-electron chi connectivity index (χ4n) is 1.87. The highest BCUT2D eigenvalue weighted by atomic mass is 32.1. The standard InChI is InChI=1S/C11H16N4O3S/c16-9-8(10(17)14-11(19)13-9)7-12-1-2-15-3-5-18-6-4-15/h7-8H,1-6H2,(H2,13,14,16,17,19). The van der Waals surface area contributed by atoms with Crippen LogP contribution in [-0.4, -0.2) is 67.4 Å². The minimum atomic E-state index is -0.892. The maximum absolute atomic E-state index is 11.5. The van der Waals surface area contributed by atoms with Crippen molar-refractivity contribution in [2.24, 2.45) is 10.9 Å². The van der Waals surface area contributed by atoms with Crippen LogP contribution in [0.3, 0.4) is 0 Å². The monoisotopic (exact) mass is 284 g/mol. The third kappa shape index (κ3) is 4.05. The van der Waals surface area contributed by atoms with Crippen molar-refractivity contribution in [3.8, 4) is 0 Å². The summed E-state index contributed by atoms with van der Waals surface area (Å²) in [5, 5.41) is 4.83. The van der Waals surface area contributed by atoms with Gasteiger partial charge in [0.25, 0.3) is 0 Å². The predicted octanol–water partition coefficient (Wildman–Crippen LogP) is -1.46. The Hall–Kier alpha value is -1.38. The molecule has 0 aliphatic carbocycles. The molecule has 0 aromatic heterocycles. The summed E-state index contributed by atoms with van der Waals surface area (Å²) in [6, 6.07) is 0. The zero-order valence-electron chi connectivity index (χ0n) is 10.4. The van der Waals surface area contributed by atoms with Gasteiger partial charge in [0.15, 0.2) is 11.0 Å². The van der Waals surface area contributed by atoms with Crippen LogP contribution in [0, 0.1) is 5.92 Å². The predicted molar refractivity (Wildman–Crippen MR) is 73.0 cm³/mol. The first-order valence-electron chi connectivity index (χ1n) is 6.12. The molecule has 0 radical (unpaired) electrons. The van der Waals surface area contributed by atoms with Gasteiger partial charge in [-0.05, 0) is 12.2 Å². The van der Waals surface area contributed by atoms with E-state index in [1.165, 1.54) is 6.21 Å². The molecular weight excluding hydrogens is 268 g/mol. The van der Waals surface area contributed by atoms with E-state index in [9.17, 15) is 9.59 Å². The van der Waals surface area contributed by atoms with E-state index in [1.807, 2.05) is 0 Å². The first-order valence-corrected chi connectivity index (χ1v) is 6.53. The van der Waals surface area contributed by atoms with Crippen molar-refractivity contribution < 1.29 is 14.3 Å². The minimum absolute atomic E-state index is 0.0490. The van der Waals surface area contributed by atoms with E-state index < -0.39 is 17.7 Å². The number of rotatable bonds is 4. The van der Waals surface area contributed by atoms with E-state index in [-0.39, 0.29) is 5.11 Å². The number of amides is 2. The van der Waals surface area contributed by atoms with Crippen molar-refractivity contribution in [2.75, 3.05) is 39.4 Å². The number of morpholine rings is 1. The molecule has 0 aromatic carbocycles. The summed E-state index contributed by atoms with van der Waals surface area (Å²) in [7, 11) is 0. The molecular formula is C11H16N4O3S. The molecule has 2 heterocycles. The van der Waals surface area contributed by atoms with E-state index in [0.717, 1.165) is 32.8 Å². The number of aliphatic imine (C=N–C) groups is 1. The number of nitrogens with zero attached hydrogens (tertiary/aromatic N) is 2. The summed E-state index contributed by atoms with van der Waals surface area (Å²) < 4.78 is 5.24. The summed E-state index contributed by atoms with van der Waals surface area (Å²) >= 11 is 4.71. The molecule has 0 aromatic rings. The van der Waals surface area contributed by atoms with Crippen LogP contribution in [0.15, 0.2) is 4.99 Å². The summed E-state index contributed by atoms with van der Waals surface area (Å²) in [4.78, 5) is 29.4. The number of thiocarbonyl (C=S) groups is 1. The third-order valence-electron chi connectivity index (χ3n) is 2.94. The molecule has 0 spiro atoms. The van der Waals surface area contributed by atoms with Crippen molar-refractivity contribution in [1.29, 1.82) is 0 Å². The van der Waals surface area contributed by atoms with E-state index in [0.29, 0.717) is 6.54 Å². The van der Waals surface area contributed by atoms with Gasteiger partial charge >= 0.3 is 0 Å². The molecule has 2 aliphatic rings. The van der Waals surface area contributed by atoms with E-state index in [1.54, 1.807) is 0 Å². The summed E-state index contributed by atoms with van der Waals surface area (Å²) in [6.45, 7) is 4.64. The molecule has 2 saturated heterocycles. The molecule has 0 atom stereocenters. The average molecular weight is 284 g/mol. The van der Waals surface area contributed by atoms with Gasteiger partial charge in [0.2, 0.25) is 11.8 Å². The molecule has 2 N–H and O–H groups in total. The Bertz CT molecular complexity index is 387. The van der Waals surface area contributed by atoms with Gasteiger partial charge in [0.1, 0.15) is 0 Å². The van der Waals surface area contributed by atoms with E-state index >= 15 is 0 Å². The topological polar surface area (TPSA) is 83.0 Å². The van der Waals surface area contributed by atoms with Crippen LogP contribution >= 0.6 is 12.2 Å². The molecule has 0 saturated carbocycles. The first-order chi connectivity index (χ1) is 9.16. The van der Waals surface area contributed by atoms with Crippen molar-refractivity contribution >= 4 is 35.4 Å². The van der Waals surface area contributed by atoms with Gasteiger partial charge in [-0.1, -0.05) is 0 Å². The number of carbonyl (C=O) groups is 2. The second kappa shape index (κ2) is 6.69. The summed E-state index contributed by atoms with van der Waals surface area (Å²) in [6.07, 6.45) is 1.38. The fraction of sp³-hybridized carbons (Fsp3) is 0.636. The maximum Gasteiger partial charge on any atom is 0.244 e. The van der Waals surface area contributed by atoms with Gasteiger partial charge in [0.05, 0.1) is 19.8 Å². The quantitative estimate of drug-likeness (QED) is 0.374. The van der Waals surface area contributed by atoms with E-state index in [2.05, 4.69) is 20.5 Å². The third-order valence-corrected chi connectivity index (χ3v) is 3.15. The van der Waals surface area contributed by atoms with Crippen LogP contribution in [0.2, 0.25) is 0 Å². The highest BCUT2D eigenvalue weighted by Crippen LogP contribution is 2.00. The van der Waals surface area contributed by atoms with Crippen LogP contribution < -0.4 is 10.6 Å². The first kappa shape index (κ1) is 14.0. The fourth-order valence-corrected chi connectivity index (χ4v) is 2.07. The van der Waals surface area contributed by atoms with Crippen LogP contribution in [0.4, 0.5) is 0 Å². The van der Waals surface area contributed by atoms with Gasteiger partial charge < -0.3 is 15.4 Å². The molecule has 7 nitrogen and oxygen atoms in total. The van der Waals surface area contributed by atoms with Crippen molar-refractivity contribution in [3.63, 3.8) is 0 Å². The van der Waals surface area contributed by atoms with Gasteiger partial charge in [0, 0.05) is 25.8 Å². The molecule has 2 amide bonds. The van der Waals surface area contributed by atoms with Gasteiger partial charge in [-0.25, -0.2) is 0 Å². The highest BCUT2D eigenvalue weighted by Gasteiger charge is 2.30. The van der Waals surface area contributed by atoms with Crippen LogP contribution in [0.1, 0.15) is 0 Å². The molecule has 104 valence electrons. The Morgan fingerprint density at radius 3 is 2.58 bits per heavy atom. The van der Waals surface area contributed by atoms with Crippen LogP contribution in [-0.2, 0) is 14.3 Å². The number of carbonyl (C=O) groups excluding carboxylic acids is 2. The molecule has 19 heavy (non-hydrogen) atoms. The van der Waals surface area contributed by atoms with E-state index in [4.69, 9.17) is 17.0 Å². The Morgan fingerprint density at radius 1 is 1.32 bits per heavy atom. The van der Waals surface area contributed by atoms with Crippen LogP contribution in [0.25, 0.3) is 0 Å². The molecule has 0 bridgehead atoms. The number of ether oxygens (including phenoxy) is 1. The molecule has 2 aliphatic heterocycles. The van der Waals surface area contributed by atoms with Crippen molar-refractivity contribution in [3.05, 3.63) is 0 Å². The molecule has 8 heteroatoms. The van der Waals surface area contributed by atoms with Gasteiger partial charge in [-0.3, -0.25) is 19.5 Å². The van der Waals surface area contributed by atoms with Crippen molar-refractivity contribution in [2.45, 2.75) is 0 Å². The lowest BCUT2D eigenvalue weighted by molar-refractivity contribution is -0.131.